The standard InChI is InChI=1S/C35H44F6N2O6/c1-4-7-8-9-10-11-15-24-21-26(33(48,34(36,37)38)35(39,40)41)20-23(14-5-2)29(24)49-19-13-12-18-43-30(46)32(6-3,42-31(43)47)25-16-17-27(44)28(45)22-25/h11,15-17,20-22,44-45,48H,4-10,12-14,18-19H2,1-3H3,(H,42,47)/b15-11+. The van der Waals surface area contributed by atoms with Crippen molar-refractivity contribution in [1.29, 1.82) is 0 Å². The summed E-state index contributed by atoms with van der Waals surface area (Å²) < 4.78 is 89.0. The van der Waals surface area contributed by atoms with Gasteiger partial charge in [0.25, 0.3) is 11.5 Å². The monoisotopic (exact) mass is 702 g/mol. The van der Waals surface area contributed by atoms with Crippen LogP contribution in [0.4, 0.5) is 31.1 Å². The third kappa shape index (κ3) is 8.45. The van der Waals surface area contributed by atoms with Crippen LogP contribution >= 0.6 is 0 Å². The molecule has 4 N–H and O–H groups in total. The highest BCUT2D eigenvalue weighted by atomic mass is 19.4. The fraction of sp³-hybridized carbons (Fsp3) is 0.543. The number of ether oxygens (including phenoxy) is 1. The van der Waals surface area contributed by atoms with Gasteiger partial charge in [0, 0.05) is 17.7 Å². The molecule has 2 aromatic rings. The second-order valence-electron chi connectivity index (χ2n) is 12.2. The predicted molar refractivity (Wildman–Crippen MR) is 171 cm³/mol. The predicted octanol–water partition coefficient (Wildman–Crippen LogP) is 8.36. The quantitative estimate of drug-likeness (QED) is 0.0570. The number of urea groups is 1. The van der Waals surface area contributed by atoms with E-state index in [1.807, 2.05) is 6.92 Å². The molecular formula is C35H44F6N2O6. The maximum atomic E-state index is 13.8. The summed E-state index contributed by atoms with van der Waals surface area (Å²) in [6.07, 6.45) is -3.75. The third-order valence-electron chi connectivity index (χ3n) is 8.67. The Morgan fingerprint density at radius 2 is 1.57 bits per heavy atom. The van der Waals surface area contributed by atoms with Crippen LogP contribution in [0.25, 0.3) is 6.08 Å². The van der Waals surface area contributed by atoms with Crippen LogP contribution in [0.2, 0.25) is 0 Å². The van der Waals surface area contributed by atoms with Gasteiger partial charge in [0.1, 0.15) is 11.3 Å². The minimum Gasteiger partial charge on any atom is -0.504 e. The van der Waals surface area contributed by atoms with Crippen LogP contribution in [-0.2, 0) is 22.4 Å². The van der Waals surface area contributed by atoms with Crippen LogP contribution in [0.15, 0.2) is 36.4 Å². The first kappa shape index (κ1) is 39.5. The lowest BCUT2D eigenvalue weighted by Crippen LogP contribution is -2.54. The second kappa shape index (κ2) is 16.2. The van der Waals surface area contributed by atoms with E-state index in [1.54, 1.807) is 19.9 Å². The van der Waals surface area contributed by atoms with Crippen molar-refractivity contribution >= 4 is 18.0 Å². The summed E-state index contributed by atoms with van der Waals surface area (Å²) >= 11 is 0. The number of allylic oxidation sites excluding steroid dienone is 1. The van der Waals surface area contributed by atoms with Gasteiger partial charge in [0.05, 0.1) is 6.61 Å². The molecule has 14 heteroatoms. The van der Waals surface area contributed by atoms with E-state index in [9.17, 15) is 51.3 Å². The zero-order chi connectivity index (χ0) is 36.6. The highest BCUT2D eigenvalue weighted by Gasteiger charge is 2.71. The first-order chi connectivity index (χ1) is 23.0. The molecule has 1 aliphatic rings. The number of aryl methyl sites for hydroxylation is 1. The summed E-state index contributed by atoms with van der Waals surface area (Å²) in [7, 11) is 0. The minimum atomic E-state index is -6.05. The Morgan fingerprint density at radius 1 is 0.878 bits per heavy atom. The maximum Gasteiger partial charge on any atom is 0.430 e. The smallest absolute Gasteiger partial charge is 0.430 e. The maximum absolute atomic E-state index is 13.8. The molecule has 1 fully saturated rings. The number of unbranched alkanes of at least 4 members (excludes halogenated alkanes) is 5. The van der Waals surface area contributed by atoms with Gasteiger partial charge in [-0.3, -0.25) is 9.69 Å². The van der Waals surface area contributed by atoms with E-state index in [1.165, 1.54) is 24.3 Å². The Bertz CT molecular complexity index is 1480. The number of amides is 3. The van der Waals surface area contributed by atoms with Crippen molar-refractivity contribution < 1.29 is 56.0 Å². The normalized spacial score (nSPS) is 17.3. The molecule has 3 amide bonds. The Hall–Kier alpha value is -3.94. The molecule has 49 heavy (non-hydrogen) atoms. The second-order valence-corrected chi connectivity index (χ2v) is 12.2. The number of phenolic OH excluding ortho intramolecular Hbond substituents is 2. The van der Waals surface area contributed by atoms with Crippen molar-refractivity contribution in [2.75, 3.05) is 13.2 Å². The number of carbonyl (C=O) groups excluding carboxylic acids is 2. The number of imide groups is 1. The molecule has 0 aliphatic carbocycles. The summed E-state index contributed by atoms with van der Waals surface area (Å²) in [6, 6.07) is 4.54. The highest BCUT2D eigenvalue weighted by molar-refractivity contribution is 6.07. The zero-order valence-electron chi connectivity index (χ0n) is 27.8. The number of aliphatic hydroxyl groups is 1. The molecule has 0 bridgehead atoms. The van der Waals surface area contributed by atoms with Gasteiger partial charge in [-0.25, -0.2) is 4.79 Å². The Kier molecular flexibility index (Phi) is 13.0. The lowest BCUT2D eigenvalue weighted by Gasteiger charge is -2.33. The van der Waals surface area contributed by atoms with Crippen molar-refractivity contribution in [2.45, 2.75) is 108 Å². The summed E-state index contributed by atoms with van der Waals surface area (Å²) in [4.78, 5) is 27.3. The van der Waals surface area contributed by atoms with E-state index >= 15 is 0 Å². The number of carbonyl (C=O) groups is 2. The van der Waals surface area contributed by atoms with Crippen LogP contribution in [0, 0.1) is 0 Å². The van der Waals surface area contributed by atoms with Crippen molar-refractivity contribution in [3.8, 4) is 17.2 Å². The number of nitrogens with zero attached hydrogens (tertiary/aromatic N) is 1. The van der Waals surface area contributed by atoms with Crippen LogP contribution in [0.3, 0.4) is 0 Å². The highest BCUT2D eigenvalue weighted by Crippen LogP contribution is 2.51. The van der Waals surface area contributed by atoms with E-state index in [-0.39, 0.29) is 67.0 Å². The van der Waals surface area contributed by atoms with Crippen LogP contribution in [0.1, 0.15) is 101 Å². The fourth-order valence-corrected chi connectivity index (χ4v) is 5.87. The molecule has 0 spiro atoms. The van der Waals surface area contributed by atoms with Gasteiger partial charge >= 0.3 is 18.4 Å². The Balaban J connectivity index is 1.83. The van der Waals surface area contributed by atoms with E-state index in [2.05, 4.69) is 5.32 Å². The molecule has 1 atom stereocenters. The first-order valence-corrected chi connectivity index (χ1v) is 16.5. The van der Waals surface area contributed by atoms with E-state index in [4.69, 9.17) is 4.74 Å². The number of nitrogens with one attached hydrogen (secondary N) is 1. The largest absolute Gasteiger partial charge is 0.504 e. The van der Waals surface area contributed by atoms with Gasteiger partial charge in [-0.05, 0) is 73.9 Å². The number of hydrogen-bond donors (Lipinski definition) is 4. The summed E-state index contributed by atoms with van der Waals surface area (Å²) in [5.74, 6) is -1.30. The number of phenols is 2. The summed E-state index contributed by atoms with van der Waals surface area (Å²) in [5.41, 5.74) is -7.59. The molecule has 3 rings (SSSR count). The van der Waals surface area contributed by atoms with Gasteiger partial charge in [-0.1, -0.05) is 64.7 Å². The molecule has 0 radical (unpaired) electrons. The van der Waals surface area contributed by atoms with Gasteiger partial charge in [-0.2, -0.15) is 26.3 Å². The van der Waals surface area contributed by atoms with E-state index < -0.39 is 46.7 Å². The fourth-order valence-electron chi connectivity index (χ4n) is 5.87. The lowest BCUT2D eigenvalue weighted by molar-refractivity contribution is -0.376. The lowest BCUT2D eigenvalue weighted by atomic mass is 9.87. The number of alkyl halides is 6. The first-order valence-electron chi connectivity index (χ1n) is 16.5. The third-order valence-corrected chi connectivity index (χ3v) is 8.67. The van der Waals surface area contributed by atoms with Crippen molar-refractivity contribution in [2.24, 2.45) is 0 Å². The molecule has 1 heterocycles. The van der Waals surface area contributed by atoms with Crippen molar-refractivity contribution in [3.63, 3.8) is 0 Å². The minimum absolute atomic E-state index is 0.0185. The molecule has 0 aromatic heterocycles. The molecule has 1 saturated heterocycles. The summed E-state index contributed by atoms with van der Waals surface area (Å²) in [5, 5.41) is 32.5. The SMILES string of the molecule is CCCCCC/C=C/c1cc(C(O)(C(F)(F)F)C(F)(F)F)cc(CCC)c1OCCCCN1C(=O)NC(CC)(c2ccc(O)c(O)c2)C1=O. The number of aromatic hydroxyl groups is 2. The number of halogens is 6. The Labute approximate surface area is 281 Å². The molecule has 8 nitrogen and oxygen atoms in total. The zero-order valence-corrected chi connectivity index (χ0v) is 27.8. The molecular weight excluding hydrogens is 658 g/mol. The molecule has 2 aromatic carbocycles. The Morgan fingerprint density at radius 3 is 2.16 bits per heavy atom. The molecule has 1 unspecified atom stereocenters. The van der Waals surface area contributed by atoms with Crippen LogP contribution in [-0.4, -0.2) is 57.7 Å². The number of rotatable bonds is 17. The van der Waals surface area contributed by atoms with Gasteiger partial charge in [0.2, 0.25) is 0 Å². The van der Waals surface area contributed by atoms with E-state index in [0.717, 1.165) is 30.6 Å². The molecule has 0 saturated carbocycles. The topological polar surface area (TPSA) is 119 Å². The van der Waals surface area contributed by atoms with Crippen molar-refractivity contribution in [3.05, 3.63) is 58.7 Å². The average molecular weight is 703 g/mol. The molecule has 272 valence electrons. The van der Waals surface area contributed by atoms with Gasteiger partial charge in [0.15, 0.2) is 11.5 Å². The van der Waals surface area contributed by atoms with Crippen LogP contribution < -0.4 is 10.1 Å². The summed E-state index contributed by atoms with van der Waals surface area (Å²) in [6.45, 7) is 5.36. The van der Waals surface area contributed by atoms with E-state index in [0.29, 0.717) is 25.0 Å². The average Bonchev–Trinajstić information content (AvgIpc) is 3.28. The van der Waals surface area contributed by atoms with Crippen molar-refractivity contribution in [1.82, 2.24) is 10.2 Å². The van der Waals surface area contributed by atoms with Gasteiger partial charge < -0.3 is 25.4 Å². The number of benzene rings is 2. The number of hydrogen-bond acceptors (Lipinski definition) is 6. The van der Waals surface area contributed by atoms with Crippen LogP contribution in [0.5, 0.6) is 17.2 Å². The molecule has 1 aliphatic heterocycles. The van der Waals surface area contributed by atoms with Gasteiger partial charge in [-0.15, -0.1) is 0 Å².